The van der Waals surface area contributed by atoms with Gasteiger partial charge in [-0.15, -0.1) is 0 Å². The van der Waals surface area contributed by atoms with Crippen molar-refractivity contribution in [2.24, 2.45) is 5.41 Å². The lowest BCUT2D eigenvalue weighted by molar-refractivity contribution is 0.145. The fourth-order valence-corrected chi connectivity index (χ4v) is 2.09. The molecule has 1 aliphatic rings. The molecular weight excluding hydrogens is 200 g/mol. The van der Waals surface area contributed by atoms with Crippen LogP contribution >= 0.6 is 0 Å². The third kappa shape index (κ3) is 2.13. The minimum absolute atomic E-state index is 0.361. The summed E-state index contributed by atoms with van der Waals surface area (Å²) < 4.78 is 0. The van der Waals surface area contributed by atoms with Crippen molar-refractivity contribution < 1.29 is 0 Å². The highest BCUT2D eigenvalue weighted by Crippen LogP contribution is 2.43. The Morgan fingerprint density at radius 2 is 2.25 bits per heavy atom. The van der Waals surface area contributed by atoms with Gasteiger partial charge in [-0.2, -0.15) is 5.26 Å². The fourth-order valence-electron chi connectivity index (χ4n) is 2.09. The van der Waals surface area contributed by atoms with Crippen LogP contribution < -0.4 is 5.32 Å². The van der Waals surface area contributed by atoms with Gasteiger partial charge in [0, 0.05) is 6.54 Å². The molecule has 0 aliphatic heterocycles. The van der Waals surface area contributed by atoms with E-state index < -0.39 is 0 Å². The Kier molecular flexibility index (Phi) is 3.04. The summed E-state index contributed by atoms with van der Waals surface area (Å²) in [5.41, 5.74) is 0.828. The molecule has 4 nitrogen and oxygen atoms in total. The summed E-state index contributed by atoms with van der Waals surface area (Å²) in [5.74, 6) is 0.763. The zero-order valence-electron chi connectivity index (χ0n) is 9.53. The van der Waals surface area contributed by atoms with Gasteiger partial charge in [-0.25, -0.2) is 9.97 Å². The zero-order valence-corrected chi connectivity index (χ0v) is 9.53. The molecule has 4 heteroatoms. The van der Waals surface area contributed by atoms with Crippen molar-refractivity contribution in [1.82, 2.24) is 9.97 Å². The molecule has 0 aromatic carbocycles. The number of aromatic nitrogens is 2. The summed E-state index contributed by atoms with van der Waals surface area (Å²) in [5, 5.41) is 11.9. The molecule has 0 saturated heterocycles. The highest BCUT2D eigenvalue weighted by atomic mass is 15.0. The van der Waals surface area contributed by atoms with E-state index in [2.05, 4.69) is 22.2 Å². The van der Waals surface area contributed by atoms with E-state index in [0.29, 0.717) is 11.1 Å². The molecule has 1 aromatic rings. The van der Waals surface area contributed by atoms with E-state index in [1.165, 1.54) is 31.9 Å². The molecule has 84 valence electrons. The molecular formula is C12H16N4. The van der Waals surface area contributed by atoms with Crippen molar-refractivity contribution in [3.05, 3.63) is 18.1 Å². The van der Waals surface area contributed by atoms with Crippen LogP contribution in [0.4, 0.5) is 5.82 Å². The average molecular weight is 216 g/mol. The molecule has 1 aliphatic carbocycles. The predicted molar refractivity (Wildman–Crippen MR) is 61.8 cm³/mol. The van der Waals surface area contributed by atoms with Gasteiger partial charge in [0.1, 0.15) is 11.9 Å². The fraction of sp³-hybridized carbons (Fsp3) is 0.583. The Bertz CT molecular complexity index is 381. The second-order valence-electron chi connectivity index (χ2n) is 4.46. The molecule has 0 amide bonds. The number of nitrogens with one attached hydrogen (secondary N) is 1. The third-order valence-corrected chi connectivity index (χ3v) is 3.58. The first kappa shape index (κ1) is 10.9. The highest BCUT2D eigenvalue weighted by Gasteiger charge is 2.34. The number of nitrogens with zero attached hydrogens (tertiary/aromatic N) is 3. The molecule has 1 fully saturated rings. The van der Waals surface area contributed by atoms with Crippen molar-refractivity contribution in [2.75, 3.05) is 11.9 Å². The first-order valence-corrected chi connectivity index (χ1v) is 5.74. The standard InChI is InChI=1S/C12H16N4/c1-2-12(4-3-5-12)9-16-11-8-14-10(6-13)7-15-11/h7-8H,2-5,9H2,1H3,(H,15,16). The van der Waals surface area contributed by atoms with Gasteiger partial charge < -0.3 is 5.32 Å². The van der Waals surface area contributed by atoms with E-state index in [1.54, 1.807) is 6.20 Å². The molecule has 0 atom stereocenters. The van der Waals surface area contributed by atoms with Gasteiger partial charge in [0.15, 0.2) is 5.69 Å². The molecule has 16 heavy (non-hydrogen) atoms. The lowest BCUT2D eigenvalue weighted by Crippen LogP contribution is -2.36. The Hall–Kier alpha value is -1.63. The number of hydrogen-bond acceptors (Lipinski definition) is 4. The third-order valence-electron chi connectivity index (χ3n) is 3.58. The quantitative estimate of drug-likeness (QED) is 0.839. The summed E-state index contributed by atoms with van der Waals surface area (Å²) in [7, 11) is 0. The monoisotopic (exact) mass is 216 g/mol. The molecule has 1 heterocycles. The molecule has 1 saturated carbocycles. The van der Waals surface area contributed by atoms with Crippen LogP contribution in [-0.4, -0.2) is 16.5 Å². The largest absolute Gasteiger partial charge is 0.368 e. The van der Waals surface area contributed by atoms with Gasteiger partial charge in [0.2, 0.25) is 0 Å². The maximum absolute atomic E-state index is 8.60. The van der Waals surface area contributed by atoms with Crippen LogP contribution in [0.25, 0.3) is 0 Å². The van der Waals surface area contributed by atoms with Crippen LogP contribution in [0.2, 0.25) is 0 Å². The van der Waals surface area contributed by atoms with Gasteiger partial charge in [0.25, 0.3) is 0 Å². The van der Waals surface area contributed by atoms with Crippen molar-refractivity contribution in [3.63, 3.8) is 0 Å². The molecule has 1 N–H and O–H groups in total. The van der Waals surface area contributed by atoms with Gasteiger partial charge in [-0.3, -0.25) is 0 Å². The van der Waals surface area contributed by atoms with Crippen LogP contribution in [0.5, 0.6) is 0 Å². The molecule has 0 spiro atoms. The van der Waals surface area contributed by atoms with Crippen molar-refractivity contribution in [3.8, 4) is 6.07 Å². The van der Waals surface area contributed by atoms with E-state index in [9.17, 15) is 0 Å². The van der Waals surface area contributed by atoms with E-state index in [4.69, 9.17) is 5.26 Å². The van der Waals surface area contributed by atoms with Crippen molar-refractivity contribution in [2.45, 2.75) is 32.6 Å². The van der Waals surface area contributed by atoms with Gasteiger partial charge >= 0.3 is 0 Å². The molecule has 0 unspecified atom stereocenters. The molecule has 0 bridgehead atoms. The molecule has 0 radical (unpaired) electrons. The molecule has 1 aromatic heterocycles. The topological polar surface area (TPSA) is 61.6 Å². The lowest BCUT2D eigenvalue weighted by Gasteiger charge is -2.41. The van der Waals surface area contributed by atoms with Crippen LogP contribution in [0.3, 0.4) is 0 Å². The Morgan fingerprint density at radius 1 is 1.44 bits per heavy atom. The number of rotatable bonds is 4. The summed E-state index contributed by atoms with van der Waals surface area (Å²) in [6.07, 6.45) is 8.29. The summed E-state index contributed by atoms with van der Waals surface area (Å²) in [4.78, 5) is 8.13. The zero-order chi connectivity index (χ0) is 11.4. The van der Waals surface area contributed by atoms with E-state index in [1.807, 2.05) is 6.07 Å². The van der Waals surface area contributed by atoms with E-state index in [-0.39, 0.29) is 0 Å². The summed E-state index contributed by atoms with van der Waals surface area (Å²) in [6, 6.07) is 1.96. The van der Waals surface area contributed by atoms with Crippen LogP contribution in [0.15, 0.2) is 12.4 Å². The Balaban J connectivity index is 1.92. The van der Waals surface area contributed by atoms with Gasteiger partial charge in [0.05, 0.1) is 12.4 Å². The normalized spacial score (nSPS) is 17.2. The van der Waals surface area contributed by atoms with Crippen LogP contribution in [0.1, 0.15) is 38.3 Å². The Morgan fingerprint density at radius 3 is 2.69 bits per heavy atom. The van der Waals surface area contributed by atoms with E-state index >= 15 is 0 Å². The van der Waals surface area contributed by atoms with Crippen LogP contribution in [-0.2, 0) is 0 Å². The maximum Gasteiger partial charge on any atom is 0.158 e. The lowest BCUT2D eigenvalue weighted by atomic mass is 9.67. The SMILES string of the molecule is CCC1(CNc2cnc(C#N)cn2)CCC1. The van der Waals surface area contributed by atoms with E-state index in [0.717, 1.165) is 12.4 Å². The van der Waals surface area contributed by atoms with Gasteiger partial charge in [-0.05, 0) is 24.7 Å². The minimum Gasteiger partial charge on any atom is -0.368 e. The molecule has 2 rings (SSSR count). The maximum atomic E-state index is 8.60. The van der Waals surface area contributed by atoms with Crippen molar-refractivity contribution in [1.29, 1.82) is 5.26 Å². The predicted octanol–water partition coefficient (Wildman–Crippen LogP) is 2.34. The number of hydrogen-bond donors (Lipinski definition) is 1. The first-order chi connectivity index (χ1) is 7.78. The second-order valence-corrected chi connectivity index (χ2v) is 4.46. The first-order valence-electron chi connectivity index (χ1n) is 5.74. The second kappa shape index (κ2) is 4.48. The smallest absolute Gasteiger partial charge is 0.158 e. The van der Waals surface area contributed by atoms with Crippen molar-refractivity contribution >= 4 is 5.82 Å². The minimum atomic E-state index is 0.361. The number of nitriles is 1. The van der Waals surface area contributed by atoms with Crippen LogP contribution in [0, 0.1) is 16.7 Å². The van der Waals surface area contributed by atoms with Gasteiger partial charge in [-0.1, -0.05) is 13.3 Å². The number of anilines is 1. The highest BCUT2D eigenvalue weighted by molar-refractivity contribution is 5.33. The average Bonchev–Trinajstić information content (AvgIpc) is 2.29. The Labute approximate surface area is 95.7 Å². The summed E-state index contributed by atoms with van der Waals surface area (Å²) >= 11 is 0. The summed E-state index contributed by atoms with van der Waals surface area (Å²) in [6.45, 7) is 3.20.